The minimum atomic E-state index is -0.707. The van der Waals surface area contributed by atoms with E-state index in [0.29, 0.717) is 17.9 Å². The summed E-state index contributed by atoms with van der Waals surface area (Å²) >= 11 is 0. The zero-order valence-corrected chi connectivity index (χ0v) is 10.2. The molecule has 1 atom stereocenters. The van der Waals surface area contributed by atoms with E-state index in [1.54, 1.807) is 20.3 Å². The highest BCUT2D eigenvalue weighted by Crippen LogP contribution is 2.31. The second-order valence-corrected chi connectivity index (χ2v) is 3.49. The second kappa shape index (κ2) is 6.10. The van der Waals surface area contributed by atoms with Gasteiger partial charge in [0.15, 0.2) is 11.5 Å². The van der Waals surface area contributed by atoms with Crippen molar-refractivity contribution >= 4 is 5.97 Å². The molecule has 0 bridgehead atoms. The Balaban J connectivity index is 2.94. The number of carbonyl (C=O) groups is 1. The molecule has 0 amide bonds. The van der Waals surface area contributed by atoms with Crippen molar-refractivity contribution in [2.24, 2.45) is 5.73 Å². The monoisotopic (exact) mass is 239 g/mol. The molecule has 0 aliphatic heterocycles. The Hall–Kier alpha value is -1.75. The molecule has 1 rings (SSSR count). The van der Waals surface area contributed by atoms with E-state index in [2.05, 4.69) is 4.74 Å². The minimum Gasteiger partial charge on any atom is -0.493 e. The summed E-state index contributed by atoms with van der Waals surface area (Å²) < 4.78 is 15.0. The maximum absolute atomic E-state index is 11.3. The highest BCUT2D eigenvalue weighted by atomic mass is 16.5. The maximum atomic E-state index is 11.3. The van der Waals surface area contributed by atoms with Crippen LogP contribution in [0, 0.1) is 0 Å². The summed E-state index contributed by atoms with van der Waals surface area (Å²) in [7, 11) is 4.41. The molecule has 0 spiro atoms. The lowest BCUT2D eigenvalue weighted by Gasteiger charge is -2.14. The minimum absolute atomic E-state index is 0.340. The van der Waals surface area contributed by atoms with E-state index in [4.69, 9.17) is 15.2 Å². The lowest BCUT2D eigenvalue weighted by Crippen LogP contribution is -2.33. The van der Waals surface area contributed by atoms with E-state index < -0.39 is 12.0 Å². The molecule has 94 valence electrons. The van der Waals surface area contributed by atoms with Crippen LogP contribution in [0.25, 0.3) is 0 Å². The van der Waals surface area contributed by atoms with Crippen LogP contribution < -0.4 is 15.2 Å². The van der Waals surface area contributed by atoms with Gasteiger partial charge in [0.05, 0.1) is 21.3 Å². The molecular formula is C12H17NO4. The highest BCUT2D eigenvalue weighted by molar-refractivity contribution is 5.76. The van der Waals surface area contributed by atoms with Crippen LogP contribution in [0.15, 0.2) is 18.2 Å². The first kappa shape index (κ1) is 13.3. The van der Waals surface area contributed by atoms with E-state index in [1.807, 2.05) is 12.1 Å². The van der Waals surface area contributed by atoms with Crippen molar-refractivity contribution in [2.75, 3.05) is 21.3 Å². The Bertz CT molecular complexity index is 392. The Kier molecular flexibility index (Phi) is 4.78. The van der Waals surface area contributed by atoms with Crippen molar-refractivity contribution in [3.8, 4) is 11.5 Å². The van der Waals surface area contributed by atoms with E-state index in [9.17, 15) is 4.79 Å². The third kappa shape index (κ3) is 3.10. The summed E-state index contributed by atoms with van der Waals surface area (Å²) in [4.78, 5) is 11.3. The predicted molar refractivity (Wildman–Crippen MR) is 63.2 cm³/mol. The molecule has 0 saturated heterocycles. The van der Waals surface area contributed by atoms with Crippen molar-refractivity contribution in [2.45, 2.75) is 12.5 Å². The quantitative estimate of drug-likeness (QED) is 0.768. The molecule has 0 radical (unpaired) electrons. The number of nitrogens with two attached hydrogens (primary N) is 1. The Morgan fingerprint density at radius 2 is 2.00 bits per heavy atom. The SMILES string of the molecule is COC(=O)[C@H](N)Cc1cccc(OC)c1OC. The van der Waals surface area contributed by atoms with Crippen LogP contribution in [0.4, 0.5) is 0 Å². The molecule has 0 aliphatic rings. The third-order valence-corrected chi connectivity index (χ3v) is 2.43. The van der Waals surface area contributed by atoms with Gasteiger partial charge in [-0.2, -0.15) is 0 Å². The van der Waals surface area contributed by atoms with Crippen LogP contribution in [0.2, 0.25) is 0 Å². The first-order chi connectivity index (χ1) is 8.13. The summed E-state index contributed by atoms with van der Waals surface area (Å²) in [6.45, 7) is 0. The van der Waals surface area contributed by atoms with Gasteiger partial charge >= 0.3 is 5.97 Å². The van der Waals surface area contributed by atoms with Gasteiger partial charge < -0.3 is 19.9 Å². The molecule has 0 saturated carbocycles. The van der Waals surface area contributed by atoms with Crippen LogP contribution in [0.5, 0.6) is 11.5 Å². The van der Waals surface area contributed by atoms with Crippen LogP contribution in [0.1, 0.15) is 5.56 Å². The summed E-state index contributed by atoms with van der Waals surface area (Å²) in [5.41, 5.74) is 6.51. The van der Waals surface area contributed by atoms with Crippen LogP contribution in [-0.4, -0.2) is 33.3 Å². The topological polar surface area (TPSA) is 70.8 Å². The van der Waals surface area contributed by atoms with Gasteiger partial charge in [-0.25, -0.2) is 0 Å². The Labute approximate surface area is 100 Å². The lowest BCUT2D eigenvalue weighted by atomic mass is 10.1. The lowest BCUT2D eigenvalue weighted by molar-refractivity contribution is -0.142. The molecule has 0 heterocycles. The molecule has 2 N–H and O–H groups in total. The highest BCUT2D eigenvalue weighted by Gasteiger charge is 2.18. The normalized spacial score (nSPS) is 11.8. The average Bonchev–Trinajstić information content (AvgIpc) is 2.37. The molecule has 0 fully saturated rings. The maximum Gasteiger partial charge on any atom is 0.322 e. The molecule has 0 aromatic heterocycles. The van der Waals surface area contributed by atoms with Gasteiger partial charge in [-0.05, 0) is 6.07 Å². The average molecular weight is 239 g/mol. The third-order valence-electron chi connectivity index (χ3n) is 2.43. The van der Waals surface area contributed by atoms with E-state index >= 15 is 0 Å². The molecule has 5 heteroatoms. The van der Waals surface area contributed by atoms with Crippen molar-refractivity contribution in [1.29, 1.82) is 0 Å². The smallest absolute Gasteiger partial charge is 0.322 e. The van der Waals surface area contributed by atoms with Crippen LogP contribution >= 0.6 is 0 Å². The first-order valence-corrected chi connectivity index (χ1v) is 5.17. The Morgan fingerprint density at radius 1 is 1.29 bits per heavy atom. The summed E-state index contributed by atoms with van der Waals surface area (Å²) in [6, 6.07) is 4.73. The van der Waals surface area contributed by atoms with Crippen molar-refractivity contribution in [1.82, 2.24) is 0 Å². The Morgan fingerprint density at radius 3 is 2.53 bits per heavy atom. The number of hydrogen-bond donors (Lipinski definition) is 1. The standard InChI is InChI=1S/C12H17NO4/c1-15-10-6-4-5-8(11(10)16-2)7-9(13)12(14)17-3/h4-6,9H,7,13H2,1-3H3/t9-/m1/s1. The molecular weight excluding hydrogens is 222 g/mol. The van der Waals surface area contributed by atoms with Gasteiger partial charge in [0.1, 0.15) is 6.04 Å². The number of carbonyl (C=O) groups excluding carboxylic acids is 1. The summed E-state index contributed by atoms with van der Waals surface area (Å²) in [5.74, 6) is 0.756. The van der Waals surface area contributed by atoms with Crippen LogP contribution in [0.3, 0.4) is 0 Å². The zero-order valence-electron chi connectivity index (χ0n) is 10.2. The number of ether oxygens (including phenoxy) is 3. The fourth-order valence-corrected chi connectivity index (χ4v) is 1.59. The molecule has 0 unspecified atom stereocenters. The number of benzene rings is 1. The van der Waals surface area contributed by atoms with Gasteiger partial charge in [0.2, 0.25) is 0 Å². The van der Waals surface area contributed by atoms with E-state index in [0.717, 1.165) is 5.56 Å². The molecule has 5 nitrogen and oxygen atoms in total. The number of hydrogen-bond acceptors (Lipinski definition) is 5. The van der Waals surface area contributed by atoms with Gasteiger partial charge in [0, 0.05) is 12.0 Å². The van der Waals surface area contributed by atoms with Crippen molar-refractivity contribution in [3.63, 3.8) is 0 Å². The number of esters is 1. The molecule has 17 heavy (non-hydrogen) atoms. The van der Waals surface area contributed by atoms with E-state index in [-0.39, 0.29) is 0 Å². The van der Waals surface area contributed by atoms with Gasteiger partial charge in [-0.15, -0.1) is 0 Å². The fourth-order valence-electron chi connectivity index (χ4n) is 1.59. The fraction of sp³-hybridized carbons (Fsp3) is 0.417. The second-order valence-electron chi connectivity index (χ2n) is 3.49. The first-order valence-electron chi connectivity index (χ1n) is 5.17. The largest absolute Gasteiger partial charge is 0.493 e. The summed E-state index contributed by atoms with van der Waals surface area (Å²) in [5, 5.41) is 0. The van der Waals surface area contributed by atoms with Crippen LogP contribution in [-0.2, 0) is 16.0 Å². The molecule has 1 aromatic rings. The predicted octanol–water partition coefficient (Wildman–Crippen LogP) is 0.747. The number of rotatable bonds is 5. The molecule has 0 aliphatic carbocycles. The van der Waals surface area contributed by atoms with Gasteiger partial charge in [-0.1, -0.05) is 12.1 Å². The van der Waals surface area contributed by atoms with Gasteiger partial charge in [-0.3, -0.25) is 4.79 Å². The summed E-state index contributed by atoms with van der Waals surface area (Å²) in [6.07, 6.45) is 0.340. The number of para-hydroxylation sites is 1. The van der Waals surface area contributed by atoms with Gasteiger partial charge in [0.25, 0.3) is 0 Å². The van der Waals surface area contributed by atoms with Crippen molar-refractivity contribution in [3.05, 3.63) is 23.8 Å². The zero-order chi connectivity index (χ0) is 12.8. The number of methoxy groups -OCH3 is 3. The van der Waals surface area contributed by atoms with E-state index in [1.165, 1.54) is 7.11 Å². The van der Waals surface area contributed by atoms with Crippen molar-refractivity contribution < 1.29 is 19.0 Å². The molecule has 1 aromatic carbocycles.